The summed E-state index contributed by atoms with van der Waals surface area (Å²) >= 11 is 0. The van der Waals surface area contributed by atoms with E-state index < -0.39 is 0 Å². The van der Waals surface area contributed by atoms with Crippen LogP contribution in [-0.2, 0) is 0 Å². The fourth-order valence-corrected chi connectivity index (χ4v) is 2.90. The van der Waals surface area contributed by atoms with Crippen LogP contribution in [0.5, 0.6) is 0 Å². The Morgan fingerprint density at radius 1 is 1.09 bits per heavy atom. The zero-order valence-corrected chi connectivity index (χ0v) is 12.6. The maximum absolute atomic E-state index is 13.3. The van der Waals surface area contributed by atoms with Crippen molar-refractivity contribution in [3.63, 3.8) is 0 Å². The molecule has 1 fully saturated rings. The average Bonchev–Trinajstić information content (AvgIpc) is 2.55. The van der Waals surface area contributed by atoms with E-state index in [0.717, 1.165) is 6.54 Å². The zero-order chi connectivity index (χ0) is 15.5. The molecule has 0 aliphatic carbocycles. The highest BCUT2D eigenvalue weighted by Gasteiger charge is 2.28. The first-order valence-electron chi connectivity index (χ1n) is 7.45. The van der Waals surface area contributed by atoms with Crippen molar-refractivity contribution in [3.8, 4) is 0 Å². The summed E-state index contributed by atoms with van der Waals surface area (Å²) in [6.07, 6.45) is 0. The first-order chi connectivity index (χ1) is 10.6. The van der Waals surface area contributed by atoms with Gasteiger partial charge in [0, 0.05) is 25.2 Å². The van der Waals surface area contributed by atoms with Crippen molar-refractivity contribution in [2.24, 2.45) is 0 Å². The molecule has 0 saturated carbocycles. The van der Waals surface area contributed by atoms with E-state index in [4.69, 9.17) is 0 Å². The molecule has 1 unspecified atom stereocenters. The van der Waals surface area contributed by atoms with Crippen LogP contribution in [0.25, 0.3) is 0 Å². The van der Waals surface area contributed by atoms with Crippen molar-refractivity contribution in [3.05, 3.63) is 71.5 Å². The predicted octanol–water partition coefficient (Wildman–Crippen LogP) is 2.95. The molecule has 22 heavy (non-hydrogen) atoms. The van der Waals surface area contributed by atoms with Gasteiger partial charge in [0.05, 0.1) is 6.04 Å². The van der Waals surface area contributed by atoms with Crippen LogP contribution in [0.4, 0.5) is 4.39 Å². The molecular formula is C18H19FN2O. The van der Waals surface area contributed by atoms with Gasteiger partial charge in [-0.3, -0.25) is 9.69 Å². The molecule has 0 bridgehead atoms. The Bertz CT molecular complexity index is 659. The molecule has 0 aromatic heterocycles. The van der Waals surface area contributed by atoms with Crippen LogP contribution in [0.3, 0.4) is 0 Å². The zero-order valence-electron chi connectivity index (χ0n) is 12.6. The van der Waals surface area contributed by atoms with Gasteiger partial charge >= 0.3 is 0 Å². The fraction of sp³-hybridized carbons (Fsp3) is 0.278. The fourth-order valence-electron chi connectivity index (χ4n) is 2.90. The van der Waals surface area contributed by atoms with Crippen LogP contribution in [-0.4, -0.2) is 42.4 Å². The molecule has 4 heteroatoms. The van der Waals surface area contributed by atoms with E-state index in [0.29, 0.717) is 18.7 Å². The molecular weight excluding hydrogens is 279 g/mol. The normalized spacial score (nSPS) is 19.2. The third-order valence-electron chi connectivity index (χ3n) is 4.19. The first kappa shape index (κ1) is 14.7. The molecule has 114 valence electrons. The van der Waals surface area contributed by atoms with E-state index in [1.54, 1.807) is 12.1 Å². The largest absolute Gasteiger partial charge is 0.335 e. The molecule has 1 aliphatic rings. The van der Waals surface area contributed by atoms with Crippen molar-refractivity contribution < 1.29 is 9.18 Å². The van der Waals surface area contributed by atoms with Crippen molar-refractivity contribution in [2.75, 3.05) is 26.7 Å². The summed E-state index contributed by atoms with van der Waals surface area (Å²) in [5.74, 6) is -0.479. The summed E-state index contributed by atoms with van der Waals surface area (Å²) < 4.78 is 13.3. The molecule has 1 atom stereocenters. The van der Waals surface area contributed by atoms with Crippen molar-refractivity contribution in [1.82, 2.24) is 9.80 Å². The standard InChI is InChI=1S/C18H19FN2O/c1-20-10-11-21(13-17(20)14-6-3-2-4-7-14)18(22)15-8-5-9-16(19)12-15/h2-9,12,17H,10-11,13H2,1H3. The highest BCUT2D eigenvalue weighted by atomic mass is 19.1. The van der Waals surface area contributed by atoms with E-state index in [2.05, 4.69) is 24.1 Å². The maximum atomic E-state index is 13.3. The van der Waals surface area contributed by atoms with Crippen LogP contribution in [0, 0.1) is 5.82 Å². The number of likely N-dealkylation sites (N-methyl/N-ethyl adjacent to an activating group) is 1. The molecule has 1 aliphatic heterocycles. The van der Waals surface area contributed by atoms with Gasteiger partial charge in [-0.2, -0.15) is 0 Å². The molecule has 3 nitrogen and oxygen atoms in total. The summed E-state index contributed by atoms with van der Waals surface area (Å²) in [6.45, 7) is 2.09. The van der Waals surface area contributed by atoms with E-state index >= 15 is 0 Å². The number of carbonyl (C=O) groups is 1. The number of nitrogens with zero attached hydrogens (tertiary/aromatic N) is 2. The molecule has 1 heterocycles. The summed E-state index contributed by atoms with van der Waals surface area (Å²) in [6, 6.07) is 16.2. The van der Waals surface area contributed by atoms with Gasteiger partial charge < -0.3 is 4.90 Å². The molecule has 0 spiro atoms. The molecule has 2 aromatic carbocycles. The number of piperazine rings is 1. The third kappa shape index (κ3) is 3.02. The van der Waals surface area contributed by atoms with Gasteiger partial charge in [0.25, 0.3) is 5.91 Å². The van der Waals surface area contributed by atoms with E-state index in [-0.39, 0.29) is 17.8 Å². The van der Waals surface area contributed by atoms with Gasteiger partial charge in [0.1, 0.15) is 5.82 Å². The average molecular weight is 298 g/mol. The van der Waals surface area contributed by atoms with Crippen LogP contribution in [0.2, 0.25) is 0 Å². The smallest absolute Gasteiger partial charge is 0.254 e. The number of benzene rings is 2. The summed E-state index contributed by atoms with van der Waals surface area (Å²) in [5.41, 5.74) is 1.61. The minimum Gasteiger partial charge on any atom is -0.335 e. The van der Waals surface area contributed by atoms with Gasteiger partial charge in [-0.1, -0.05) is 36.4 Å². The molecule has 0 N–H and O–H groups in total. The number of rotatable bonds is 2. The monoisotopic (exact) mass is 298 g/mol. The van der Waals surface area contributed by atoms with Crippen molar-refractivity contribution in [1.29, 1.82) is 0 Å². The van der Waals surface area contributed by atoms with Crippen LogP contribution in [0.15, 0.2) is 54.6 Å². The van der Waals surface area contributed by atoms with Crippen molar-refractivity contribution in [2.45, 2.75) is 6.04 Å². The second-order valence-electron chi connectivity index (χ2n) is 5.67. The Kier molecular flexibility index (Phi) is 4.20. The van der Waals surface area contributed by atoms with E-state index in [1.165, 1.54) is 17.7 Å². The second-order valence-corrected chi connectivity index (χ2v) is 5.67. The Balaban J connectivity index is 1.80. The number of amides is 1. The minimum atomic E-state index is -0.375. The van der Waals surface area contributed by atoms with E-state index in [9.17, 15) is 9.18 Å². The van der Waals surface area contributed by atoms with Gasteiger partial charge in [0.2, 0.25) is 0 Å². The molecule has 2 aromatic rings. The highest BCUT2D eigenvalue weighted by Crippen LogP contribution is 2.24. The number of hydrogen-bond acceptors (Lipinski definition) is 2. The molecule has 1 amide bonds. The lowest BCUT2D eigenvalue weighted by Gasteiger charge is -2.39. The first-order valence-corrected chi connectivity index (χ1v) is 7.45. The minimum absolute atomic E-state index is 0.103. The third-order valence-corrected chi connectivity index (χ3v) is 4.19. The Morgan fingerprint density at radius 2 is 1.86 bits per heavy atom. The Labute approximate surface area is 130 Å². The lowest BCUT2D eigenvalue weighted by molar-refractivity contribution is 0.0546. The lowest BCUT2D eigenvalue weighted by Crippen LogP contribution is -2.49. The maximum Gasteiger partial charge on any atom is 0.254 e. The Morgan fingerprint density at radius 3 is 2.59 bits per heavy atom. The summed E-state index contributed by atoms with van der Waals surface area (Å²) in [5, 5.41) is 0. The number of hydrogen-bond donors (Lipinski definition) is 0. The van der Waals surface area contributed by atoms with Crippen LogP contribution in [0.1, 0.15) is 22.0 Å². The van der Waals surface area contributed by atoms with Crippen molar-refractivity contribution >= 4 is 5.91 Å². The predicted molar refractivity (Wildman–Crippen MR) is 84.1 cm³/mol. The van der Waals surface area contributed by atoms with E-state index in [1.807, 2.05) is 23.1 Å². The summed E-state index contributed by atoms with van der Waals surface area (Å²) in [7, 11) is 2.07. The van der Waals surface area contributed by atoms with Gasteiger partial charge in [0.15, 0.2) is 0 Å². The molecule has 0 radical (unpaired) electrons. The second kappa shape index (κ2) is 6.28. The SMILES string of the molecule is CN1CCN(C(=O)c2cccc(F)c2)CC1c1ccccc1. The molecule has 1 saturated heterocycles. The lowest BCUT2D eigenvalue weighted by atomic mass is 10.0. The number of halogens is 1. The summed E-state index contributed by atoms with van der Waals surface area (Å²) in [4.78, 5) is 16.6. The Hall–Kier alpha value is -2.20. The number of carbonyl (C=O) groups excluding carboxylic acids is 1. The van der Waals surface area contributed by atoms with Gasteiger partial charge in [-0.25, -0.2) is 4.39 Å². The van der Waals surface area contributed by atoms with Crippen LogP contribution < -0.4 is 0 Å². The molecule has 3 rings (SSSR count). The van der Waals surface area contributed by atoms with Crippen LogP contribution >= 0.6 is 0 Å². The highest BCUT2D eigenvalue weighted by molar-refractivity contribution is 5.94. The quantitative estimate of drug-likeness (QED) is 0.851. The van der Waals surface area contributed by atoms with Gasteiger partial charge in [-0.15, -0.1) is 0 Å². The van der Waals surface area contributed by atoms with Gasteiger partial charge in [-0.05, 0) is 30.8 Å². The topological polar surface area (TPSA) is 23.6 Å².